The van der Waals surface area contributed by atoms with Crippen LogP contribution < -0.4 is 15.5 Å². The smallest absolute Gasteiger partial charge is 0.262 e. The number of amides is 1. The number of halogens is 2. The lowest BCUT2D eigenvalue weighted by molar-refractivity contribution is -0.118. The van der Waals surface area contributed by atoms with Crippen LogP contribution in [-0.2, 0) is 4.79 Å². The predicted octanol–water partition coefficient (Wildman–Crippen LogP) is 6.74. The highest BCUT2D eigenvalue weighted by molar-refractivity contribution is 7.22. The summed E-state index contributed by atoms with van der Waals surface area (Å²) in [5.41, 5.74) is 8.26. The summed E-state index contributed by atoms with van der Waals surface area (Å²) >= 11 is 13.7. The van der Waals surface area contributed by atoms with Gasteiger partial charge in [0.15, 0.2) is 6.61 Å². The van der Waals surface area contributed by atoms with Gasteiger partial charge in [0, 0.05) is 16.4 Å². The molecule has 3 rings (SSSR count). The van der Waals surface area contributed by atoms with E-state index in [1.165, 1.54) is 11.3 Å². The minimum Gasteiger partial charge on any atom is -0.482 e. The van der Waals surface area contributed by atoms with Crippen LogP contribution in [0.15, 0.2) is 23.3 Å². The Morgan fingerprint density at radius 2 is 1.94 bits per heavy atom. The molecule has 0 aliphatic carbocycles. The number of aromatic nitrogens is 1. The van der Waals surface area contributed by atoms with Crippen molar-refractivity contribution in [3.8, 4) is 5.75 Å². The number of carbonyl (C=O) groups excluding carboxylic acids is 1. The summed E-state index contributed by atoms with van der Waals surface area (Å²) in [4.78, 5) is 17.2. The molecular weight excluding hydrogens is 455 g/mol. The fourth-order valence-electron chi connectivity index (χ4n) is 3.03. The van der Waals surface area contributed by atoms with Gasteiger partial charge in [0.2, 0.25) is 5.13 Å². The number of nitrogens with one attached hydrogen (secondary N) is 2. The SMILES string of the molecule is CC/C(C)=N/Nc1nc2cc(C)c(NC(=O)COc3c(C)cc(Cl)cc3Cl)c(C)c2s1. The van der Waals surface area contributed by atoms with E-state index in [0.717, 1.165) is 44.7 Å². The number of hydrogen-bond acceptors (Lipinski definition) is 6. The van der Waals surface area contributed by atoms with Crippen molar-refractivity contribution < 1.29 is 9.53 Å². The van der Waals surface area contributed by atoms with Gasteiger partial charge in [-0.25, -0.2) is 4.98 Å². The second-order valence-corrected chi connectivity index (χ2v) is 9.09. The topological polar surface area (TPSA) is 75.6 Å². The number of hydrazone groups is 1. The van der Waals surface area contributed by atoms with E-state index in [2.05, 4.69) is 20.8 Å². The number of nitrogens with zero attached hydrogens (tertiary/aromatic N) is 2. The highest BCUT2D eigenvalue weighted by atomic mass is 35.5. The molecule has 0 bridgehead atoms. The van der Waals surface area contributed by atoms with E-state index in [0.29, 0.717) is 20.9 Å². The first-order valence-corrected chi connectivity index (χ1v) is 11.3. The van der Waals surface area contributed by atoms with E-state index in [1.54, 1.807) is 12.1 Å². The Morgan fingerprint density at radius 3 is 2.61 bits per heavy atom. The number of benzene rings is 2. The second kappa shape index (κ2) is 9.85. The molecule has 0 aliphatic heterocycles. The van der Waals surface area contributed by atoms with Gasteiger partial charge in [-0.1, -0.05) is 41.5 Å². The van der Waals surface area contributed by atoms with Crippen LogP contribution in [0.4, 0.5) is 10.8 Å². The van der Waals surface area contributed by atoms with Gasteiger partial charge >= 0.3 is 0 Å². The molecule has 0 saturated carbocycles. The molecule has 0 saturated heterocycles. The van der Waals surface area contributed by atoms with Gasteiger partial charge in [0.25, 0.3) is 5.91 Å². The Bertz CT molecular complexity index is 1150. The molecule has 0 aliphatic rings. The van der Waals surface area contributed by atoms with Crippen LogP contribution in [0.5, 0.6) is 5.75 Å². The first kappa shape index (κ1) is 23.3. The van der Waals surface area contributed by atoms with Crippen LogP contribution >= 0.6 is 34.5 Å². The van der Waals surface area contributed by atoms with E-state index in [1.807, 2.05) is 40.7 Å². The highest BCUT2D eigenvalue weighted by Gasteiger charge is 2.16. The molecule has 0 radical (unpaired) electrons. The Labute approximate surface area is 195 Å². The van der Waals surface area contributed by atoms with Gasteiger partial charge < -0.3 is 10.1 Å². The van der Waals surface area contributed by atoms with Gasteiger partial charge in [-0.2, -0.15) is 5.10 Å². The van der Waals surface area contributed by atoms with Crippen molar-refractivity contribution in [3.05, 3.63) is 44.9 Å². The fraction of sp³-hybridized carbons (Fsp3) is 0.318. The third-order valence-electron chi connectivity index (χ3n) is 4.78. The molecule has 0 unspecified atom stereocenters. The number of carbonyl (C=O) groups is 1. The molecule has 1 aromatic heterocycles. The van der Waals surface area contributed by atoms with Crippen molar-refractivity contribution in [3.63, 3.8) is 0 Å². The third-order valence-corrected chi connectivity index (χ3v) is 6.37. The molecule has 2 N–H and O–H groups in total. The van der Waals surface area contributed by atoms with Crippen LogP contribution in [0.3, 0.4) is 0 Å². The van der Waals surface area contributed by atoms with Gasteiger partial charge in [0.05, 0.1) is 15.2 Å². The first-order valence-electron chi connectivity index (χ1n) is 9.77. The molecule has 1 heterocycles. The zero-order valence-electron chi connectivity index (χ0n) is 18.0. The zero-order chi connectivity index (χ0) is 22.7. The predicted molar refractivity (Wildman–Crippen MR) is 131 cm³/mol. The molecule has 6 nitrogen and oxygen atoms in total. The van der Waals surface area contributed by atoms with Crippen LogP contribution in [0.25, 0.3) is 10.2 Å². The summed E-state index contributed by atoms with van der Waals surface area (Å²) in [6.45, 7) is 9.58. The van der Waals surface area contributed by atoms with E-state index in [-0.39, 0.29) is 12.5 Å². The van der Waals surface area contributed by atoms with Crippen LogP contribution in [0.2, 0.25) is 10.0 Å². The van der Waals surface area contributed by atoms with E-state index < -0.39 is 0 Å². The molecule has 0 spiro atoms. The lowest BCUT2D eigenvalue weighted by Gasteiger charge is -2.14. The minimum atomic E-state index is -0.276. The monoisotopic (exact) mass is 478 g/mol. The summed E-state index contributed by atoms with van der Waals surface area (Å²) in [6, 6.07) is 5.29. The quantitative estimate of drug-likeness (QED) is 0.291. The number of ether oxygens (including phenoxy) is 1. The van der Waals surface area contributed by atoms with Crippen molar-refractivity contribution in [2.24, 2.45) is 5.10 Å². The molecule has 164 valence electrons. The maximum absolute atomic E-state index is 12.6. The normalized spacial score (nSPS) is 11.6. The lowest BCUT2D eigenvalue weighted by Crippen LogP contribution is -2.21. The van der Waals surface area contributed by atoms with Crippen molar-refractivity contribution in [1.29, 1.82) is 0 Å². The summed E-state index contributed by atoms with van der Waals surface area (Å²) in [7, 11) is 0. The summed E-state index contributed by atoms with van der Waals surface area (Å²) in [5.74, 6) is 0.174. The maximum atomic E-state index is 12.6. The molecule has 9 heteroatoms. The molecule has 1 amide bonds. The standard InChI is InChI=1S/C22H24Cl2N4O2S/c1-6-13(4)27-28-22-25-17-8-11(2)19(14(5)21(17)31-22)26-18(29)10-30-20-12(3)7-15(23)9-16(20)24/h7-9H,6,10H2,1-5H3,(H,25,28)(H,26,29)/b27-13+. The minimum absolute atomic E-state index is 0.167. The van der Waals surface area contributed by atoms with Crippen molar-refractivity contribution >= 4 is 67.2 Å². The van der Waals surface area contributed by atoms with Crippen molar-refractivity contribution in [1.82, 2.24) is 4.98 Å². The van der Waals surface area contributed by atoms with Crippen LogP contribution in [-0.4, -0.2) is 23.2 Å². The Hall–Kier alpha value is -2.35. The van der Waals surface area contributed by atoms with Gasteiger partial charge in [-0.15, -0.1) is 0 Å². The van der Waals surface area contributed by atoms with E-state index >= 15 is 0 Å². The Morgan fingerprint density at radius 1 is 1.19 bits per heavy atom. The van der Waals surface area contributed by atoms with Crippen molar-refractivity contribution in [2.75, 3.05) is 17.3 Å². The summed E-state index contributed by atoms with van der Waals surface area (Å²) < 4.78 is 6.65. The average molecular weight is 479 g/mol. The first-order chi connectivity index (χ1) is 14.7. The van der Waals surface area contributed by atoms with E-state index in [4.69, 9.17) is 27.9 Å². The largest absolute Gasteiger partial charge is 0.482 e. The maximum Gasteiger partial charge on any atom is 0.262 e. The number of aryl methyl sites for hydroxylation is 3. The number of anilines is 2. The molecule has 2 aromatic carbocycles. The molecule has 0 fully saturated rings. The van der Waals surface area contributed by atoms with Gasteiger partial charge in [-0.3, -0.25) is 10.2 Å². The lowest BCUT2D eigenvalue weighted by atomic mass is 10.1. The molecule has 3 aromatic rings. The summed E-state index contributed by atoms with van der Waals surface area (Å²) in [5, 5.41) is 8.88. The van der Waals surface area contributed by atoms with E-state index in [9.17, 15) is 4.79 Å². The summed E-state index contributed by atoms with van der Waals surface area (Å²) in [6.07, 6.45) is 0.870. The van der Waals surface area contributed by atoms with Gasteiger partial charge in [0.1, 0.15) is 5.75 Å². The highest BCUT2D eigenvalue weighted by Crippen LogP contribution is 2.35. The number of rotatable bonds is 7. The Balaban J connectivity index is 1.77. The second-order valence-electron chi connectivity index (χ2n) is 7.24. The number of thiazole rings is 1. The third kappa shape index (κ3) is 5.47. The Kier molecular flexibility index (Phi) is 7.41. The molecule has 31 heavy (non-hydrogen) atoms. The average Bonchev–Trinajstić information content (AvgIpc) is 3.11. The van der Waals surface area contributed by atoms with Gasteiger partial charge in [-0.05, 0) is 69.0 Å². The number of fused-ring (bicyclic) bond motifs is 1. The fourth-order valence-corrected chi connectivity index (χ4v) is 4.58. The van der Waals surface area contributed by atoms with Crippen LogP contribution in [0.1, 0.15) is 37.0 Å². The zero-order valence-corrected chi connectivity index (χ0v) is 20.3. The molecule has 0 atom stereocenters. The molecular formula is C22H24Cl2N4O2S. The van der Waals surface area contributed by atoms with Crippen LogP contribution in [0, 0.1) is 20.8 Å². The van der Waals surface area contributed by atoms with Crippen molar-refractivity contribution in [2.45, 2.75) is 41.0 Å². The number of hydrogen-bond donors (Lipinski definition) is 2.